The molecule has 0 saturated carbocycles. The molecule has 0 unspecified atom stereocenters. The van der Waals surface area contributed by atoms with E-state index < -0.39 is 30.2 Å². The van der Waals surface area contributed by atoms with Gasteiger partial charge in [0.2, 0.25) is 11.8 Å². The second-order valence-electron chi connectivity index (χ2n) is 5.56. The van der Waals surface area contributed by atoms with Gasteiger partial charge in [0, 0.05) is 11.1 Å². The van der Waals surface area contributed by atoms with E-state index in [1.54, 1.807) is 0 Å². The number of carbonyl (C=O) groups excluding carboxylic acids is 3. The maximum Gasteiger partial charge on any atom is 0.305 e. The van der Waals surface area contributed by atoms with Crippen LogP contribution in [0.25, 0.3) is 10.8 Å². The number of hydrogen-bond donors (Lipinski definition) is 4. The van der Waals surface area contributed by atoms with Crippen LogP contribution in [0.5, 0.6) is 0 Å². The van der Waals surface area contributed by atoms with Crippen LogP contribution in [-0.2, 0) is 19.2 Å². The first-order valence-corrected chi connectivity index (χ1v) is 7.94. The van der Waals surface area contributed by atoms with Gasteiger partial charge in [-0.15, -0.1) is 0 Å². The Morgan fingerprint density at radius 1 is 1.00 bits per heavy atom. The van der Waals surface area contributed by atoms with E-state index in [-0.39, 0.29) is 13.1 Å². The number of benzene rings is 2. The molecule has 2 aromatic rings. The number of amides is 2. The van der Waals surface area contributed by atoms with Crippen molar-refractivity contribution in [1.82, 2.24) is 10.6 Å². The van der Waals surface area contributed by atoms with E-state index >= 15 is 0 Å². The topological polar surface area (TPSA) is 125 Å². The summed E-state index contributed by atoms with van der Waals surface area (Å²) in [5, 5.41) is 18.3. The third-order valence-corrected chi connectivity index (χ3v) is 3.58. The normalized spacial score (nSPS) is 11.4. The summed E-state index contributed by atoms with van der Waals surface area (Å²) in [5.41, 5.74) is 0.796. The predicted octanol–water partition coefficient (Wildman–Crippen LogP) is 0.526. The van der Waals surface area contributed by atoms with E-state index in [2.05, 4.69) is 16.0 Å². The summed E-state index contributed by atoms with van der Waals surface area (Å²) in [4.78, 5) is 44.8. The van der Waals surface area contributed by atoms with Crippen molar-refractivity contribution in [3.63, 3.8) is 0 Å². The molecule has 8 heteroatoms. The molecule has 0 heterocycles. The first-order chi connectivity index (χ1) is 12.5. The van der Waals surface area contributed by atoms with Crippen LogP contribution in [0.2, 0.25) is 0 Å². The molecule has 0 aliphatic rings. The number of aliphatic carboxylic acids is 1. The minimum absolute atomic E-state index is 0.0342. The minimum Gasteiger partial charge on any atom is -0.481 e. The summed E-state index contributed by atoms with van der Waals surface area (Å²) in [5.74, 6) is -2.25. The number of anilines is 1. The molecule has 0 aromatic heterocycles. The van der Waals surface area contributed by atoms with Crippen molar-refractivity contribution in [3.8, 4) is 0 Å². The highest BCUT2D eigenvalue weighted by molar-refractivity contribution is 5.95. The third-order valence-electron chi connectivity index (χ3n) is 3.58. The Kier molecular flexibility index (Phi) is 6.67. The highest BCUT2D eigenvalue weighted by Crippen LogP contribution is 2.22. The van der Waals surface area contributed by atoms with E-state index in [0.717, 1.165) is 16.5 Å². The first-order valence-electron chi connectivity index (χ1n) is 7.94. The monoisotopic (exact) mass is 357 g/mol. The van der Waals surface area contributed by atoms with E-state index in [1.165, 1.54) is 0 Å². The van der Waals surface area contributed by atoms with Crippen molar-refractivity contribution in [2.24, 2.45) is 0 Å². The molecule has 0 radical (unpaired) electrons. The van der Waals surface area contributed by atoms with Gasteiger partial charge in [-0.25, -0.2) is 0 Å². The lowest BCUT2D eigenvalue weighted by atomic mass is 10.1. The van der Waals surface area contributed by atoms with Gasteiger partial charge in [-0.1, -0.05) is 36.4 Å². The largest absolute Gasteiger partial charge is 0.481 e. The number of aldehydes is 1. The van der Waals surface area contributed by atoms with Gasteiger partial charge in [0.05, 0.1) is 25.6 Å². The van der Waals surface area contributed by atoms with Crippen molar-refractivity contribution < 1.29 is 24.3 Å². The molecule has 2 rings (SSSR count). The van der Waals surface area contributed by atoms with Crippen LogP contribution >= 0.6 is 0 Å². The number of fused-ring (bicyclic) bond motifs is 1. The molecule has 2 aromatic carbocycles. The lowest BCUT2D eigenvalue weighted by Gasteiger charge is -2.12. The number of carboxylic acid groups (broad SMARTS) is 1. The summed E-state index contributed by atoms with van der Waals surface area (Å²) in [6.45, 7) is -0.381. The maximum absolute atomic E-state index is 11.9. The van der Waals surface area contributed by atoms with Gasteiger partial charge in [0.25, 0.3) is 0 Å². The van der Waals surface area contributed by atoms with E-state index in [1.807, 2.05) is 42.5 Å². The summed E-state index contributed by atoms with van der Waals surface area (Å²) >= 11 is 0. The van der Waals surface area contributed by atoms with Gasteiger partial charge in [0.15, 0.2) is 0 Å². The van der Waals surface area contributed by atoms with E-state index in [9.17, 15) is 19.2 Å². The van der Waals surface area contributed by atoms with Crippen molar-refractivity contribution in [1.29, 1.82) is 0 Å². The Labute approximate surface area is 149 Å². The summed E-state index contributed by atoms with van der Waals surface area (Å²) < 4.78 is 0. The molecular weight excluding hydrogens is 338 g/mol. The van der Waals surface area contributed by atoms with Crippen LogP contribution in [0.4, 0.5) is 5.69 Å². The Morgan fingerprint density at radius 2 is 1.73 bits per heavy atom. The molecule has 0 bridgehead atoms. The smallest absolute Gasteiger partial charge is 0.305 e. The third kappa shape index (κ3) is 5.59. The van der Waals surface area contributed by atoms with Gasteiger partial charge in [-0.3, -0.25) is 14.4 Å². The molecule has 0 saturated heterocycles. The van der Waals surface area contributed by atoms with Gasteiger partial charge < -0.3 is 25.9 Å². The summed E-state index contributed by atoms with van der Waals surface area (Å²) in [7, 11) is 0. The molecular formula is C18H19N3O5. The molecule has 136 valence electrons. The van der Waals surface area contributed by atoms with Crippen molar-refractivity contribution in [2.45, 2.75) is 12.5 Å². The Balaban J connectivity index is 1.80. The average molecular weight is 357 g/mol. The van der Waals surface area contributed by atoms with Crippen molar-refractivity contribution >= 4 is 40.5 Å². The van der Waals surface area contributed by atoms with E-state index in [4.69, 9.17) is 5.11 Å². The minimum atomic E-state index is -1.20. The average Bonchev–Trinajstić information content (AvgIpc) is 2.63. The second kappa shape index (κ2) is 9.16. The quantitative estimate of drug-likeness (QED) is 0.485. The summed E-state index contributed by atoms with van der Waals surface area (Å²) in [6.07, 6.45) is -0.165. The number of carbonyl (C=O) groups is 4. The zero-order valence-electron chi connectivity index (χ0n) is 13.9. The Bertz CT molecular complexity index is 816. The lowest BCUT2D eigenvalue weighted by Crippen LogP contribution is -2.44. The lowest BCUT2D eigenvalue weighted by molar-refractivity contribution is -0.139. The van der Waals surface area contributed by atoms with Crippen LogP contribution < -0.4 is 16.0 Å². The fourth-order valence-electron chi connectivity index (χ4n) is 2.38. The molecule has 0 aliphatic carbocycles. The van der Waals surface area contributed by atoms with Gasteiger partial charge in [-0.05, 0) is 11.5 Å². The van der Waals surface area contributed by atoms with Crippen LogP contribution in [0, 0.1) is 0 Å². The fourth-order valence-corrected chi connectivity index (χ4v) is 2.38. The molecule has 4 N–H and O–H groups in total. The number of nitrogens with one attached hydrogen (secondary N) is 3. The van der Waals surface area contributed by atoms with Crippen LogP contribution in [-0.4, -0.2) is 48.3 Å². The number of hydrogen-bond acceptors (Lipinski definition) is 5. The molecule has 0 fully saturated rings. The molecule has 0 aliphatic heterocycles. The van der Waals surface area contributed by atoms with Gasteiger partial charge >= 0.3 is 5.97 Å². The Hall–Kier alpha value is -3.42. The molecule has 8 nitrogen and oxygen atoms in total. The van der Waals surface area contributed by atoms with Crippen molar-refractivity contribution in [2.75, 3.05) is 18.4 Å². The number of carboxylic acids is 1. The molecule has 26 heavy (non-hydrogen) atoms. The maximum atomic E-state index is 11.9. The molecule has 0 spiro atoms. The zero-order valence-corrected chi connectivity index (χ0v) is 13.9. The Morgan fingerprint density at radius 3 is 2.46 bits per heavy atom. The highest BCUT2D eigenvalue weighted by Gasteiger charge is 2.15. The standard InChI is InChI=1S/C18H19N3O5/c22-11-13(8-18(25)26)21-17(24)10-20-16(23)9-19-15-7-3-5-12-4-1-2-6-14(12)15/h1-7,11,13,19H,8-10H2,(H,20,23)(H,21,24)(H,25,26)/t13-/m0/s1. The van der Waals surface area contributed by atoms with E-state index in [0.29, 0.717) is 6.29 Å². The van der Waals surface area contributed by atoms with Crippen LogP contribution in [0.15, 0.2) is 42.5 Å². The molecule has 2 amide bonds. The summed E-state index contributed by atoms with van der Waals surface area (Å²) in [6, 6.07) is 12.3. The predicted molar refractivity (Wildman–Crippen MR) is 95.7 cm³/mol. The van der Waals surface area contributed by atoms with Gasteiger partial charge in [0.1, 0.15) is 6.29 Å². The van der Waals surface area contributed by atoms with Crippen molar-refractivity contribution in [3.05, 3.63) is 42.5 Å². The zero-order chi connectivity index (χ0) is 18.9. The van der Waals surface area contributed by atoms with Crippen LogP contribution in [0.1, 0.15) is 6.42 Å². The highest BCUT2D eigenvalue weighted by atomic mass is 16.4. The SMILES string of the molecule is O=C[C@H](CC(=O)O)NC(=O)CNC(=O)CNc1cccc2ccccc12. The number of rotatable bonds is 9. The van der Waals surface area contributed by atoms with Crippen LogP contribution in [0.3, 0.4) is 0 Å². The van der Waals surface area contributed by atoms with Gasteiger partial charge in [-0.2, -0.15) is 0 Å². The first kappa shape index (κ1) is 18.9. The fraction of sp³-hybridized carbons (Fsp3) is 0.222. The second-order valence-corrected chi connectivity index (χ2v) is 5.56. The molecule has 1 atom stereocenters.